The summed E-state index contributed by atoms with van der Waals surface area (Å²) in [6.45, 7) is 6.84. The zero-order valence-corrected chi connectivity index (χ0v) is 16.2. The van der Waals surface area contributed by atoms with E-state index in [0.29, 0.717) is 11.4 Å². The number of ether oxygens (including phenoxy) is 1. The third kappa shape index (κ3) is 2.96. The van der Waals surface area contributed by atoms with Crippen molar-refractivity contribution in [1.29, 1.82) is 5.26 Å². The van der Waals surface area contributed by atoms with Crippen molar-refractivity contribution in [1.82, 2.24) is 19.9 Å². The number of aryl methyl sites for hydroxylation is 1. The minimum atomic E-state index is -0.571. The van der Waals surface area contributed by atoms with Gasteiger partial charge >= 0.3 is 0 Å². The van der Waals surface area contributed by atoms with E-state index in [9.17, 15) is 5.26 Å². The second kappa shape index (κ2) is 6.75. The lowest BCUT2D eigenvalue weighted by atomic mass is 9.76. The van der Waals surface area contributed by atoms with Crippen LogP contribution in [0.3, 0.4) is 0 Å². The summed E-state index contributed by atoms with van der Waals surface area (Å²) in [5, 5.41) is 18.8. The Bertz CT molecular complexity index is 919. The Labute approximate surface area is 164 Å². The van der Waals surface area contributed by atoms with Gasteiger partial charge in [0.2, 0.25) is 0 Å². The van der Waals surface area contributed by atoms with Gasteiger partial charge < -0.3 is 4.74 Å². The molecule has 2 aromatic rings. The average Bonchev–Trinajstić information content (AvgIpc) is 3.19. The predicted molar refractivity (Wildman–Crippen MR) is 102 cm³/mol. The van der Waals surface area contributed by atoms with Crippen LogP contribution < -0.4 is 0 Å². The molecule has 4 atom stereocenters. The van der Waals surface area contributed by atoms with E-state index in [1.54, 1.807) is 4.68 Å². The van der Waals surface area contributed by atoms with Crippen LogP contribution in [0.2, 0.25) is 5.02 Å². The van der Waals surface area contributed by atoms with Gasteiger partial charge in [-0.15, -0.1) is 11.7 Å². The van der Waals surface area contributed by atoms with Gasteiger partial charge in [0.1, 0.15) is 0 Å². The molecule has 0 radical (unpaired) electrons. The molecule has 27 heavy (non-hydrogen) atoms. The molecular formula is C20H22ClN5O. The molecule has 1 aromatic heterocycles. The molecule has 2 aliphatic heterocycles. The highest BCUT2D eigenvalue weighted by Gasteiger charge is 2.52. The van der Waals surface area contributed by atoms with Gasteiger partial charge in [-0.1, -0.05) is 29.0 Å². The van der Waals surface area contributed by atoms with Crippen LogP contribution in [0, 0.1) is 11.3 Å². The largest absolute Gasteiger partial charge is 0.347 e. The molecule has 6 nitrogen and oxygen atoms in total. The summed E-state index contributed by atoms with van der Waals surface area (Å²) in [5.41, 5.74) is 2.29. The molecule has 2 unspecified atom stereocenters. The van der Waals surface area contributed by atoms with Gasteiger partial charge in [0, 0.05) is 42.8 Å². The molecule has 0 amide bonds. The number of rotatable bonds is 3. The Kier molecular flexibility index (Phi) is 4.55. The minimum absolute atomic E-state index is 0.0183. The van der Waals surface area contributed by atoms with Crippen LogP contribution in [0.25, 0.3) is 0 Å². The van der Waals surface area contributed by atoms with Crippen LogP contribution in [0.15, 0.2) is 37.1 Å². The van der Waals surface area contributed by atoms with E-state index in [4.69, 9.17) is 16.3 Å². The molecule has 1 aromatic carbocycles. The van der Waals surface area contributed by atoms with Gasteiger partial charge in [0.05, 0.1) is 23.4 Å². The summed E-state index contributed by atoms with van der Waals surface area (Å²) in [5.74, 6) is 0. The fourth-order valence-corrected chi connectivity index (χ4v) is 4.75. The number of piperidine rings is 1. The molecule has 2 aliphatic rings. The predicted octanol–water partition coefficient (Wildman–Crippen LogP) is 3.67. The van der Waals surface area contributed by atoms with Crippen LogP contribution in [-0.2, 0) is 17.4 Å². The lowest BCUT2D eigenvalue weighted by molar-refractivity contribution is -0.123. The van der Waals surface area contributed by atoms with Gasteiger partial charge in [-0.3, -0.25) is 9.58 Å². The first kappa shape index (κ1) is 18.2. The molecule has 1 fully saturated rings. The molecule has 7 heteroatoms. The second-order valence-corrected chi connectivity index (χ2v) is 7.86. The molecule has 0 aliphatic carbocycles. The van der Waals surface area contributed by atoms with Crippen molar-refractivity contribution >= 4 is 11.6 Å². The number of halogens is 1. The van der Waals surface area contributed by atoms with Crippen molar-refractivity contribution in [2.75, 3.05) is 6.54 Å². The first-order chi connectivity index (χ1) is 13.0. The smallest absolute Gasteiger partial charge is 0.170 e. The van der Waals surface area contributed by atoms with Gasteiger partial charge in [-0.05, 0) is 31.0 Å². The van der Waals surface area contributed by atoms with E-state index in [1.165, 1.54) is 0 Å². The third-order valence-corrected chi connectivity index (χ3v) is 5.90. The molecule has 140 valence electrons. The third-order valence-electron chi connectivity index (χ3n) is 5.67. The van der Waals surface area contributed by atoms with Crippen LogP contribution >= 0.6 is 11.6 Å². The maximum absolute atomic E-state index is 9.63. The van der Waals surface area contributed by atoms with E-state index in [2.05, 4.69) is 34.8 Å². The number of aromatic nitrogens is 3. The first-order valence-corrected chi connectivity index (χ1v) is 9.45. The van der Waals surface area contributed by atoms with Gasteiger partial charge in [-0.25, -0.2) is 0 Å². The highest BCUT2D eigenvalue weighted by molar-refractivity contribution is 6.30. The quantitative estimate of drug-likeness (QED) is 0.756. The molecule has 0 saturated carbocycles. The van der Waals surface area contributed by atoms with Crippen LogP contribution in [0.4, 0.5) is 0 Å². The van der Waals surface area contributed by atoms with Gasteiger partial charge in [-0.2, -0.15) is 5.26 Å². The molecule has 0 bridgehead atoms. The van der Waals surface area contributed by atoms with Crippen molar-refractivity contribution < 1.29 is 4.74 Å². The highest BCUT2D eigenvalue weighted by atomic mass is 35.5. The molecule has 4 rings (SSSR count). The Morgan fingerprint density at radius 2 is 2.30 bits per heavy atom. The molecule has 1 saturated heterocycles. The number of fused-ring (bicyclic) bond motifs is 2. The molecular weight excluding hydrogens is 362 g/mol. The zero-order chi connectivity index (χ0) is 19.2. The van der Waals surface area contributed by atoms with Crippen LogP contribution in [0.5, 0.6) is 0 Å². The molecule has 0 N–H and O–H groups in total. The number of likely N-dealkylation sites (tertiary alicyclic amines) is 1. The maximum Gasteiger partial charge on any atom is 0.170 e. The van der Waals surface area contributed by atoms with Crippen molar-refractivity contribution in [3.63, 3.8) is 0 Å². The van der Waals surface area contributed by atoms with Crippen molar-refractivity contribution in [2.45, 2.75) is 43.6 Å². The van der Waals surface area contributed by atoms with Gasteiger partial charge in [0.15, 0.2) is 6.10 Å². The monoisotopic (exact) mass is 383 g/mol. The van der Waals surface area contributed by atoms with E-state index < -0.39 is 11.7 Å². The van der Waals surface area contributed by atoms with Crippen LogP contribution in [0.1, 0.15) is 48.7 Å². The topological polar surface area (TPSA) is 67.0 Å². The number of hydrogen-bond acceptors (Lipinski definition) is 5. The fraction of sp³-hybridized carbons (Fsp3) is 0.450. The SMILES string of the molecule is C=CCN1[C@@H](C)CC2(C[C@H]1c1cn(C)nn1)OC(C#N)c1ccc(Cl)cc12. The van der Waals surface area contributed by atoms with E-state index in [-0.39, 0.29) is 12.1 Å². The summed E-state index contributed by atoms with van der Waals surface area (Å²) in [7, 11) is 1.86. The Morgan fingerprint density at radius 3 is 2.96 bits per heavy atom. The number of benzene rings is 1. The lowest BCUT2D eigenvalue weighted by Crippen LogP contribution is -2.49. The summed E-state index contributed by atoms with van der Waals surface area (Å²) in [6.07, 6.45) is 4.76. The standard InChI is InChI=1S/C20H22ClN5O/c1-4-7-26-13(2)9-20(10-18(26)17-12-25(3)24-23-17)16-8-14(21)5-6-15(16)19(11-22)27-20/h4-6,8,12-13,18-19H,1,7,9-10H2,2-3H3/t13-,18-,19?,20?/m0/s1. The Balaban J connectivity index is 1.80. The van der Waals surface area contributed by atoms with E-state index in [0.717, 1.165) is 29.8 Å². The lowest BCUT2D eigenvalue weighted by Gasteiger charge is -2.47. The first-order valence-electron chi connectivity index (χ1n) is 9.07. The van der Waals surface area contributed by atoms with Crippen molar-refractivity contribution in [3.05, 3.63) is 58.9 Å². The normalized spacial score (nSPS) is 30.2. The summed E-state index contributed by atoms with van der Waals surface area (Å²) in [6, 6.07) is 8.22. The Hall–Kier alpha value is -2.20. The molecule has 1 spiro atoms. The number of hydrogen-bond donors (Lipinski definition) is 0. The van der Waals surface area contributed by atoms with Crippen LogP contribution in [-0.4, -0.2) is 32.5 Å². The second-order valence-electron chi connectivity index (χ2n) is 7.43. The maximum atomic E-state index is 9.63. The van der Waals surface area contributed by atoms with Crippen molar-refractivity contribution in [2.24, 2.45) is 7.05 Å². The van der Waals surface area contributed by atoms with Gasteiger partial charge in [0.25, 0.3) is 0 Å². The summed E-state index contributed by atoms with van der Waals surface area (Å²) in [4.78, 5) is 2.37. The average molecular weight is 384 g/mol. The summed E-state index contributed by atoms with van der Waals surface area (Å²) >= 11 is 6.30. The fourth-order valence-electron chi connectivity index (χ4n) is 4.58. The zero-order valence-electron chi connectivity index (χ0n) is 15.5. The minimum Gasteiger partial charge on any atom is -0.347 e. The number of nitrogens with zero attached hydrogens (tertiary/aromatic N) is 5. The highest BCUT2D eigenvalue weighted by Crippen LogP contribution is 2.54. The van der Waals surface area contributed by atoms with E-state index >= 15 is 0 Å². The number of nitriles is 1. The van der Waals surface area contributed by atoms with E-state index in [1.807, 2.05) is 37.5 Å². The van der Waals surface area contributed by atoms with Crippen molar-refractivity contribution in [3.8, 4) is 6.07 Å². The Morgan fingerprint density at radius 1 is 1.48 bits per heavy atom. The molecule has 3 heterocycles. The summed E-state index contributed by atoms with van der Waals surface area (Å²) < 4.78 is 8.11.